The molecule has 0 unspecified atom stereocenters. The molecule has 1 aliphatic rings. The predicted molar refractivity (Wildman–Crippen MR) is 74.7 cm³/mol. The lowest BCUT2D eigenvalue weighted by Crippen LogP contribution is -2.09. The Morgan fingerprint density at radius 1 is 1.06 bits per heavy atom. The standard InChI is InChI=1S/C16H27N/c1-4-6-12-17-13(3)14(9-5-2)15-10-7-8-11-16(15)17/h4-12H2,1-3H3. The lowest BCUT2D eigenvalue weighted by Gasteiger charge is -2.16. The molecule has 0 radical (unpaired) electrons. The molecule has 17 heavy (non-hydrogen) atoms. The molecule has 0 fully saturated rings. The van der Waals surface area contributed by atoms with Crippen LogP contribution in [0, 0.1) is 6.92 Å². The van der Waals surface area contributed by atoms with Gasteiger partial charge in [0.05, 0.1) is 0 Å². The van der Waals surface area contributed by atoms with Crippen molar-refractivity contribution in [3.63, 3.8) is 0 Å². The number of hydrogen-bond donors (Lipinski definition) is 0. The molecule has 0 amide bonds. The first-order valence-electron chi connectivity index (χ1n) is 7.49. The quantitative estimate of drug-likeness (QED) is 0.709. The number of rotatable bonds is 5. The second-order valence-electron chi connectivity index (χ2n) is 5.45. The van der Waals surface area contributed by atoms with Gasteiger partial charge in [-0.2, -0.15) is 0 Å². The number of nitrogens with zero attached hydrogens (tertiary/aromatic N) is 1. The van der Waals surface area contributed by atoms with Crippen LogP contribution in [0.4, 0.5) is 0 Å². The summed E-state index contributed by atoms with van der Waals surface area (Å²) in [6, 6.07) is 0. The van der Waals surface area contributed by atoms with E-state index < -0.39 is 0 Å². The Morgan fingerprint density at radius 3 is 2.53 bits per heavy atom. The minimum atomic E-state index is 1.24. The van der Waals surface area contributed by atoms with E-state index in [-0.39, 0.29) is 0 Å². The normalized spacial score (nSPS) is 15.0. The van der Waals surface area contributed by atoms with Gasteiger partial charge in [0.15, 0.2) is 0 Å². The molecule has 0 aromatic carbocycles. The molecule has 96 valence electrons. The number of unbranched alkanes of at least 4 members (excludes halogenated alkanes) is 1. The van der Waals surface area contributed by atoms with E-state index in [4.69, 9.17) is 0 Å². The monoisotopic (exact) mass is 233 g/mol. The summed E-state index contributed by atoms with van der Waals surface area (Å²) in [7, 11) is 0. The Balaban J connectivity index is 2.36. The third-order valence-electron chi connectivity index (χ3n) is 4.21. The van der Waals surface area contributed by atoms with Crippen molar-refractivity contribution in [3.8, 4) is 0 Å². The predicted octanol–water partition coefficient (Wildman–Crippen LogP) is 4.43. The highest BCUT2D eigenvalue weighted by Gasteiger charge is 2.21. The maximum atomic E-state index is 2.64. The van der Waals surface area contributed by atoms with E-state index in [1.165, 1.54) is 57.9 Å². The summed E-state index contributed by atoms with van der Waals surface area (Å²) in [5.74, 6) is 0. The van der Waals surface area contributed by atoms with E-state index in [0.717, 1.165) is 0 Å². The van der Waals surface area contributed by atoms with Gasteiger partial charge in [-0.05, 0) is 56.6 Å². The van der Waals surface area contributed by atoms with E-state index in [0.29, 0.717) is 0 Å². The first kappa shape index (κ1) is 12.7. The summed E-state index contributed by atoms with van der Waals surface area (Å²) >= 11 is 0. The highest BCUT2D eigenvalue weighted by molar-refractivity contribution is 5.40. The van der Waals surface area contributed by atoms with Crippen LogP contribution in [-0.2, 0) is 25.8 Å². The minimum absolute atomic E-state index is 1.24. The second kappa shape index (κ2) is 5.75. The smallest absolute Gasteiger partial charge is 0.0224 e. The summed E-state index contributed by atoms with van der Waals surface area (Å²) < 4.78 is 2.64. The van der Waals surface area contributed by atoms with Gasteiger partial charge >= 0.3 is 0 Å². The van der Waals surface area contributed by atoms with E-state index in [9.17, 15) is 0 Å². The van der Waals surface area contributed by atoms with Gasteiger partial charge < -0.3 is 4.57 Å². The zero-order valence-electron chi connectivity index (χ0n) is 11.8. The molecule has 0 N–H and O–H groups in total. The first-order chi connectivity index (χ1) is 8.29. The zero-order chi connectivity index (χ0) is 12.3. The molecule has 1 heterocycles. The molecule has 0 saturated carbocycles. The van der Waals surface area contributed by atoms with Gasteiger partial charge in [0, 0.05) is 17.9 Å². The van der Waals surface area contributed by atoms with Crippen LogP contribution in [0.5, 0.6) is 0 Å². The Morgan fingerprint density at radius 2 is 1.82 bits per heavy atom. The molecule has 1 nitrogen and oxygen atoms in total. The molecule has 2 rings (SSSR count). The minimum Gasteiger partial charge on any atom is -0.348 e. The first-order valence-corrected chi connectivity index (χ1v) is 7.49. The van der Waals surface area contributed by atoms with Gasteiger partial charge in [-0.1, -0.05) is 26.7 Å². The van der Waals surface area contributed by atoms with Gasteiger partial charge in [-0.15, -0.1) is 0 Å². The van der Waals surface area contributed by atoms with E-state index >= 15 is 0 Å². The van der Waals surface area contributed by atoms with Crippen LogP contribution in [-0.4, -0.2) is 4.57 Å². The van der Waals surface area contributed by atoms with Crippen molar-refractivity contribution in [2.45, 2.75) is 78.7 Å². The van der Waals surface area contributed by atoms with Gasteiger partial charge in [0.1, 0.15) is 0 Å². The molecule has 0 atom stereocenters. The largest absolute Gasteiger partial charge is 0.348 e. The average Bonchev–Trinajstić information content (AvgIpc) is 2.61. The van der Waals surface area contributed by atoms with Crippen molar-refractivity contribution >= 4 is 0 Å². The van der Waals surface area contributed by atoms with Crippen molar-refractivity contribution in [2.75, 3.05) is 0 Å². The van der Waals surface area contributed by atoms with Crippen molar-refractivity contribution in [1.29, 1.82) is 0 Å². The fraction of sp³-hybridized carbons (Fsp3) is 0.750. The third-order valence-corrected chi connectivity index (χ3v) is 4.21. The Bertz CT molecular complexity index is 373. The van der Waals surface area contributed by atoms with Gasteiger partial charge in [-0.25, -0.2) is 0 Å². The summed E-state index contributed by atoms with van der Waals surface area (Å²) in [6.07, 6.45) is 10.7. The number of hydrogen-bond acceptors (Lipinski definition) is 0. The van der Waals surface area contributed by atoms with Crippen LogP contribution in [0.15, 0.2) is 0 Å². The Hall–Kier alpha value is -0.720. The molecule has 1 heteroatoms. The molecule has 0 aliphatic heterocycles. The third kappa shape index (κ3) is 2.43. The Kier molecular flexibility index (Phi) is 4.31. The highest BCUT2D eigenvalue weighted by atomic mass is 15.0. The van der Waals surface area contributed by atoms with Crippen LogP contribution in [0.1, 0.15) is 68.5 Å². The average molecular weight is 233 g/mol. The van der Waals surface area contributed by atoms with Crippen molar-refractivity contribution in [2.24, 2.45) is 0 Å². The van der Waals surface area contributed by atoms with E-state index in [2.05, 4.69) is 25.3 Å². The molecule has 0 spiro atoms. The molecule has 0 bridgehead atoms. The van der Waals surface area contributed by atoms with Crippen LogP contribution in [0.25, 0.3) is 0 Å². The van der Waals surface area contributed by atoms with Crippen molar-refractivity contribution < 1.29 is 0 Å². The molecular formula is C16H27N. The molecule has 0 saturated heterocycles. The van der Waals surface area contributed by atoms with E-state index in [1.54, 1.807) is 22.5 Å². The van der Waals surface area contributed by atoms with Gasteiger partial charge in [0.25, 0.3) is 0 Å². The van der Waals surface area contributed by atoms with Crippen molar-refractivity contribution in [3.05, 3.63) is 22.5 Å². The maximum Gasteiger partial charge on any atom is 0.0224 e. The van der Waals surface area contributed by atoms with Crippen LogP contribution >= 0.6 is 0 Å². The topological polar surface area (TPSA) is 4.93 Å². The maximum absolute atomic E-state index is 2.64. The zero-order valence-corrected chi connectivity index (χ0v) is 11.8. The number of aromatic nitrogens is 1. The van der Waals surface area contributed by atoms with Gasteiger partial charge in [-0.3, -0.25) is 0 Å². The number of fused-ring (bicyclic) bond motifs is 1. The highest BCUT2D eigenvalue weighted by Crippen LogP contribution is 2.31. The lowest BCUT2D eigenvalue weighted by molar-refractivity contribution is 0.568. The molecule has 1 aromatic rings. The van der Waals surface area contributed by atoms with Crippen LogP contribution < -0.4 is 0 Å². The van der Waals surface area contributed by atoms with E-state index in [1.807, 2.05) is 0 Å². The fourth-order valence-electron chi connectivity index (χ4n) is 3.30. The fourth-order valence-corrected chi connectivity index (χ4v) is 3.30. The van der Waals surface area contributed by atoms with Crippen molar-refractivity contribution in [1.82, 2.24) is 4.57 Å². The lowest BCUT2D eigenvalue weighted by atomic mass is 9.93. The summed E-state index contributed by atoms with van der Waals surface area (Å²) in [4.78, 5) is 0. The molecule has 1 aromatic heterocycles. The summed E-state index contributed by atoms with van der Waals surface area (Å²) in [5.41, 5.74) is 6.68. The molecule has 1 aliphatic carbocycles. The van der Waals surface area contributed by atoms with Crippen LogP contribution in [0.2, 0.25) is 0 Å². The van der Waals surface area contributed by atoms with Crippen LogP contribution in [0.3, 0.4) is 0 Å². The molecular weight excluding hydrogens is 206 g/mol. The summed E-state index contributed by atoms with van der Waals surface area (Å²) in [5, 5.41) is 0. The summed E-state index contributed by atoms with van der Waals surface area (Å²) in [6.45, 7) is 8.18. The Labute approximate surface area is 106 Å². The second-order valence-corrected chi connectivity index (χ2v) is 5.45. The van der Waals surface area contributed by atoms with Gasteiger partial charge in [0.2, 0.25) is 0 Å². The SMILES string of the molecule is CCCCn1c(C)c(CCC)c2c1CCCC2.